The molecule has 0 saturated carbocycles. The summed E-state index contributed by atoms with van der Waals surface area (Å²) in [6, 6.07) is 4.35. The van der Waals surface area contributed by atoms with Gasteiger partial charge in [0.1, 0.15) is 5.82 Å². The SMILES string of the molecule is NC(=O)C1CC(=O)N(Cc2c(F)cccc2Cl)C1. The van der Waals surface area contributed by atoms with Crippen LogP contribution in [-0.4, -0.2) is 23.3 Å². The van der Waals surface area contributed by atoms with Gasteiger partial charge in [-0.05, 0) is 12.1 Å². The van der Waals surface area contributed by atoms with Gasteiger partial charge in [0, 0.05) is 23.6 Å². The highest BCUT2D eigenvalue weighted by atomic mass is 35.5. The molecule has 2 N–H and O–H groups in total. The lowest BCUT2D eigenvalue weighted by Gasteiger charge is -2.17. The molecule has 0 radical (unpaired) electrons. The standard InChI is InChI=1S/C12H12ClFN2O2/c13-9-2-1-3-10(14)8(9)6-16-5-7(12(15)18)4-11(16)17/h1-3,7H,4-6H2,(H2,15,18). The van der Waals surface area contributed by atoms with Gasteiger partial charge in [0.25, 0.3) is 0 Å². The third-order valence-corrected chi connectivity index (χ3v) is 3.38. The summed E-state index contributed by atoms with van der Waals surface area (Å²) in [6.07, 6.45) is 0.0847. The Hall–Kier alpha value is -1.62. The molecule has 1 aromatic carbocycles. The van der Waals surface area contributed by atoms with Crippen LogP contribution in [0.5, 0.6) is 0 Å². The van der Waals surface area contributed by atoms with E-state index in [0.29, 0.717) is 0 Å². The predicted molar refractivity (Wildman–Crippen MR) is 64.1 cm³/mol. The number of carbonyl (C=O) groups excluding carboxylic acids is 2. The second-order valence-electron chi connectivity index (χ2n) is 4.28. The van der Waals surface area contributed by atoms with E-state index < -0.39 is 17.6 Å². The van der Waals surface area contributed by atoms with Crippen LogP contribution >= 0.6 is 11.6 Å². The highest BCUT2D eigenvalue weighted by Gasteiger charge is 2.33. The van der Waals surface area contributed by atoms with Crippen molar-refractivity contribution < 1.29 is 14.0 Å². The average Bonchev–Trinajstić information content (AvgIpc) is 2.66. The minimum absolute atomic E-state index is 0.0636. The Morgan fingerprint density at radius 3 is 2.83 bits per heavy atom. The van der Waals surface area contributed by atoms with Crippen LogP contribution in [0.3, 0.4) is 0 Å². The fourth-order valence-electron chi connectivity index (χ4n) is 1.99. The average molecular weight is 271 g/mol. The van der Waals surface area contributed by atoms with E-state index in [-0.39, 0.29) is 36.0 Å². The zero-order valence-electron chi connectivity index (χ0n) is 9.53. The van der Waals surface area contributed by atoms with Crippen molar-refractivity contribution in [2.24, 2.45) is 11.7 Å². The zero-order chi connectivity index (χ0) is 13.3. The summed E-state index contributed by atoms with van der Waals surface area (Å²) >= 11 is 5.88. The lowest BCUT2D eigenvalue weighted by molar-refractivity contribution is -0.128. The molecule has 96 valence electrons. The molecule has 0 aromatic heterocycles. The molecule has 1 fully saturated rings. The number of halogens is 2. The van der Waals surface area contributed by atoms with E-state index in [0.717, 1.165) is 0 Å². The summed E-state index contributed by atoms with van der Waals surface area (Å²) in [5.74, 6) is -1.68. The highest BCUT2D eigenvalue weighted by Crippen LogP contribution is 2.25. The van der Waals surface area contributed by atoms with E-state index in [2.05, 4.69) is 0 Å². The van der Waals surface area contributed by atoms with Crippen molar-refractivity contribution in [2.45, 2.75) is 13.0 Å². The Morgan fingerprint density at radius 1 is 1.56 bits per heavy atom. The minimum Gasteiger partial charge on any atom is -0.369 e. The summed E-state index contributed by atoms with van der Waals surface area (Å²) in [4.78, 5) is 24.1. The molecule has 1 atom stereocenters. The number of nitrogens with zero attached hydrogens (tertiary/aromatic N) is 1. The predicted octanol–water partition coefficient (Wildman–Crippen LogP) is 1.31. The molecule has 2 rings (SSSR count). The monoisotopic (exact) mass is 270 g/mol. The first kappa shape index (κ1) is 12.8. The van der Waals surface area contributed by atoms with E-state index in [1.165, 1.54) is 17.0 Å². The minimum atomic E-state index is -0.509. The maximum Gasteiger partial charge on any atom is 0.223 e. The largest absolute Gasteiger partial charge is 0.369 e. The first-order valence-electron chi connectivity index (χ1n) is 5.49. The number of rotatable bonds is 3. The van der Waals surface area contributed by atoms with Gasteiger partial charge >= 0.3 is 0 Å². The number of hydrogen-bond acceptors (Lipinski definition) is 2. The quantitative estimate of drug-likeness (QED) is 0.900. The van der Waals surface area contributed by atoms with Crippen molar-refractivity contribution in [2.75, 3.05) is 6.54 Å². The van der Waals surface area contributed by atoms with Crippen LogP contribution in [-0.2, 0) is 16.1 Å². The maximum absolute atomic E-state index is 13.6. The van der Waals surface area contributed by atoms with Gasteiger partial charge in [-0.2, -0.15) is 0 Å². The molecule has 1 saturated heterocycles. The first-order chi connectivity index (χ1) is 8.49. The maximum atomic E-state index is 13.6. The van der Waals surface area contributed by atoms with Crippen LogP contribution in [0, 0.1) is 11.7 Å². The van der Waals surface area contributed by atoms with Crippen molar-refractivity contribution in [1.29, 1.82) is 0 Å². The van der Waals surface area contributed by atoms with Crippen molar-refractivity contribution in [3.05, 3.63) is 34.6 Å². The van der Waals surface area contributed by atoms with Crippen LogP contribution in [0.15, 0.2) is 18.2 Å². The summed E-state index contributed by atoms with van der Waals surface area (Å²) in [7, 11) is 0. The Morgan fingerprint density at radius 2 is 2.28 bits per heavy atom. The van der Waals surface area contributed by atoms with Crippen LogP contribution in [0.4, 0.5) is 4.39 Å². The number of likely N-dealkylation sites (tertiary alicyclic amines) is 1. The van der Waals surface area contributed by atoms with Crippen LogP contribution in [0.1, 0.15) is 12.0 Å². The summed E-state index contributed by atoms with van der Waals surface area (Å²) in [6.45, 7) is 0.285. The number of amides is 2. The Balaban J connectivity index is 2.15. The molecule has 2 amide bonds. The Labute approximate surface area is 109 Å². The highest BCUT2D eigenvalue weighted by molar-refractivity contribution is 6.31. The second-order valence-corrected chi connectivity index (χ2v) is 4.69. The number of nitrogens with two attached hydrogens (primary N) is 1. The van der Waals surface area contributed by atoms with Crippen LogP contribution in [0.25, 0.3) is 0 Å². The van der Waals surface area contributed by atoms with Gasteiger partial charge in [-0.1, -0.05) is 17.7 Å². The molecule has 0 bridgehead atoms. The molecule has 6 heteroatoms. The third-order valence-electron chi connectivity index (χ3n) is 3.03. The van der Waals surface area contributed by atoms with Crippen molar-refractivity contribution in [1.82, 2.24) is 4.90 Å². The number of carbonyl (C=O) groups is 2. The number of benzene rings is 1. The topological polar surface area (TPSA) is 63.4 Å². The van der Waals surface area contributed by atoms with Gasteiger partial charge in [0.2, 0.25) is 11.8 Å². The number of hydrogen-bond donors (Lipinski definition) is 1. The molecule has 0 aliphatic carbocycles. The second kappa shape index (κ2) is 4.94. The van der Waals surface area contributed by atoms with Crippen molar-refractivity contribution in [3.63, 3.8) is 0 Å². The molecule has 1 aromatic rings. The zero-order valence-corrected chi connectivity index (χ0v) is 10.3. The molecule has 0 spiro atoms. The molecule has 18 heavy (non-hydrogen) atoms. The Kier molecular flexibility index (Phi) is 3.52. The molecular weight excluding hydrogens is 259 g/mol. The summed E-state index contributed by atoms with van der Waals surface area (Å²) < 4.78 is 13.6. The van der Waals surface area contributed by atoms with Gasteiger partial charge in [-0.25, -0.2) is 4.39 Å². The van der Waals surface area contributed by atoms with E-state index in [9.17, 15) is 14.0 Å². The van der Waals surface area contributed by atoms with Gasteiger partial charge in [-0.15, -0.1) is 0 Å². The van der Waals surface area contributed by atoms with Crippen LogP contribution < -0.4 is 5.73 Å². The van der Waals surface area contributed by atoms with Gasteiger partial charge in [-0.3, -0.25) is 9.59 Å². The van der Waals surface area contributed by atoms with Gasteiger partial charge < -0.3 is 10.6 Å². The van der Waals surface area contributed by atoms with Gasteiger partial charge in [0.05, 0.1) is 12.5 Å². The Bertz CT molecular complexity index is 487. The molecule has 1 unspecified atom stereocenters. The van der Waals surface area contributed by atoms with Crippen LogP contribution in [0.2, 0.25) is 5.02 Å². The fourth-order valence-corrected chi connectivity index (χ4v) is 2.21. The van der Waals surface area contributed by atoms with Gasteiger partial charge in [0.15, 0.2) is 0 Å². The molecule has 1 aliphatic rings. The first-order valence-corrected chi connectivity index (χ1v) is 5.87. The molecular formula is C12H12ClFN2O2. The summed E-state index contributed by atoms with van der Waals surface area (Å²) in [5, 5.41) is 0.269. The lowest BCUT2D eigenvalue weighted by Crippen LogP contribution is -2.28. The number of primary amides is 1. The van der Waals surface area contributed by atoms with E-state index in [1.54, 1.807) is 6.07 Å². The van der Waals surface area contributed by atoms with E-state index in [4.69, 9.17) is 17.3 Å². The lowest BCUT2D eigenvalue weighted by atomic mass is 10.1. The third kappa shape index (κ3) is 2.46. The fraction of sp³-hybridized carbons (Fsp3) is 0.333. The van der Waals surface area contributed by atoms with Crippen molar-refractivity contribution in [3.8, 4) is 0 Å². The summed E-state index contributed by atoms with van der Waals surface area (Å²) in [5.41, 5.74) is 5.42. The normalized spacial score (nSPS) is 19.3. The van der Waals surface area contributed by atoms with Crippen molar-refractivity contribution >= 4 is 23.4 Å². The molecule has 1 heterocycles. The molecule has 1 aliphatic heterocycles. The molecule has 4 nitrogen and oxygen atoms in total. The smallest absolute Gasteiger partial charge is 0.223 e. The van der Waals surface area contributed by atoms with E-state index >= 15 is 0 Å². The van der Waals surface area contributed by atoms with E-state index in [1.807, 2.05) is 0 Å².